The van der Waals surface area contributed by atoms with Crippen LogP contribution in [0.4, 0.5) is 10.8 Å². The van der Waals surface area contributed by atoms with E-state index >= 15 is 0 Å². The van der Waals surface area contributed by atoms with Gasteiger partial charge in [0, 0.05) is 24.7 Å². The van der Waals surface area contributed by atoms with Gasteiger partial charge < -0.3 is 23.9 Å². The van der Waals surface area contributed by atoms with E-state index < -0.39 is 11.2 Å². The zero-order valence-electron chi connectivity index (χ0n) is 20.1. The van der Waals surface area contributed by atoms with E-state index in [1.165, 1.54) is 11.3 Å². The molecule has 9 nitrogen and oxygen atoms in total. The van der Waals surface area contributed by atoms with Crippen molar-refractivity contribution < 1.29 is 23.8 Å². The number of fused-ring (bicyclic) bond motifs is 3. The van der Waals surface area contributed by atoms with Gasteiger partial charge in [-0.15, -0.1) is 11.3 Å². The largest absolute Gasteiger partial charge is 0.488 e. The van der Waals surface area contributed by atoms with E-state index in [1.807, 2.05) is 43.2 Å². The van der Waals surface area contributed by atoms with Crippen molar-refractivity contribution in [1.82, 2.24) is 14.9 Å². The monoisotopic (exact) mass is 486 g/mol. The number of aliphatic hydroxyl groups is 1. The van der Waals surface area contributed by atoms with Gasteiger partial charge in [-0.25, -0.2) is 9.78 Å². The minimum absolute atomic E-state index is 0.0629. The molecule has 10 heteroatoms. The molecule has 3 aromatic rings. The van der Waals surface area contributed by atoms with E-state index in [9.17, 15) is 9.90 Å². The highest BCUT2D eigenvalue weighted by molar-refractivity contribution is 7.13. The summed E-state index contributed by atoms with van der Waals surface area (Å²) in [5.41, 5.74) is 0.535. The third-order valence-electron chi connectivity index (χ3n) is 5.81. The molecular formula is C24H30N4O5S. The van der Waals surface area contributed by atoms with Gasteiger partial charge in [-0.3, -0.25) is 4.90 Å². The summed E-state index contributed by atoms with van der Waals surface area (Å²) >= 11 is 1.52. The van der Waals surface area contributed by atoms with Crippen LogP contribution in [0.25, 0.3) is 21.7 Å². The van der Waals surface area contributed by atoms with Gasteiger partial charge in [0.15, 0.2) is 11.1 Å². The Hall–Kier alpha value is -2.85. The third kappa shape index (κ3) is 4.44. The molecule has 2 bridgehead atoms. The van der Waals surface area contributed by atoms with Crippen LogP contribution in [0.15, 0.2) is 28.1 Å². The Morgan fingerprint density at radius 1 is 1.24 bits per heavy atom. The first kappa shape index (κ1) is 22.9. The van der Waals surface area contributed by atoms with Crippen LogP contribution in [0, 0.1) is 0 Å². The molecule has 0 aliphatic carbocycles. The molecular weight excluding hydrogens is 456 g/mol. The first-order chi connectivity index (χ1) is 16.0. The molecule has 0 radical (unpaired) electrons. The van der Waals surface area contributed by atoms with Crippen molar-refractivity contribution >= 4 is 34.5 Å². The Balaban J connectivity index is 1.42. The number of piperidine rings is 1. The van der Waals surface area contributed by atoms with Crippen LogP contribution >= 0.6 is 11.3 Å². The minimum Gasteiger partial charge on any atom is -0.488 e. The number of anilines is 1. The van der Waals surface area contributed by atoms with Gasteiger partial charge in [-0.2, -0.15) is 4.98 Å². The van der Waals surface area contributed by atoms with Crippen LogP contribution in [0.3, 0.4) is 0 Å². The second-order valence-electron chi connectivity index (χ2n) is 10.6. The molecule has 1 amide bonds. The molecule has 2 atom stereocenters. The lowest BCUT2D eigenvalue weighted by molar-refractivity contribution is -0.0386. The van der Waals surface area contributed by atoms with Gasteiger partial charge in [0.2, 0.25) is 0 Å². The zero-order valence-corrected chi connectivity index (χ0v) is 20.9. The molecule has 0 saturated carbocycles. The first-order valence-corrected chi connectivity index (χ1v) is 12.3. The summed E-state index contributed by atoms with van der Waals surface area (Å²) in [5, 5.41) is 12.9. The zero-order chi connectivity index (χ0) is 24.3. The van der Waals surface area contributed by atoms with Crippen molar-refractivity contribution in [3.8, 4) is 16.3 Å². The number of benzene rings is 1. The van der Waals surface area contributed by atoms with Crippen molar-refractivity contribution in [2.45, 2.75) is 64.3 Å². The summed E-state index contributed by atoms with van der Waals surface area (Å²) < 4.78 is 17.8. The van der Waals surface area contributed by atoms with Crippen LogP contribution in [-0.4, -0.2) is 69.0 Å². The Labute approximate surface area is 202 Å². The van der Waals surface area contributed by atoms with Crippen molar-refractivity contribution in [1.29, 1.82) is 0 Å². The van der Waals surface area contributed by atoms with Crippen LogP contribution in [0.5, 0.6) is 5.75 Å². The van der Waals surface area contributed by atoms with Gasteiger partial charge in [-0.05, 0) is 53.2 Å². The number of oxazole rings is 1. The molecule has 3 fully saturated rings. The number of ether oxygens (including phenoxy) is 2. The van der Waals surface area contributed by atoms with Gasteiger partial charge in [0.1, 0.15) is 23.0 Å². The van der Waals surface area contributed by atoms with E-state index in [0.29, 0.717) is 36.0 Å². The van der Waals surface area contributed by atoms with E-state index in [-0.39, 0.29) is 24.8 Å². The van der Waals surface area contributed by atoms with Gasteiger partial charge in [0.25, 0.3) is 6.01 Å². The maximum absolute atomic E-state index is 12.6. The lowest BCUT2D eigenvalue weighted by atomic mass is 9.88. The number of aromatic nitrogens is 2. The van der Waals surface area contributed by atoms with Gasteiger partial charge >= 0.3 is 6.09 Å². The van der Waals surface area contributed by atoms with Crippen LogP contribution in [0.1, 0.15) is 41.0 Å². The highest BCUT2D eigenvalue weighted by Gasteiger charge is 2.49. The van der Waals surface area contributed by atoms with E-state index in [1.54, 1.807) is 20.0 Å². The number of thiazole rings is 1. The predicted molar refractivity (Wildman–Crippen MR) is 129 cm³/mol. The minimum atomic E-state index is -0.980. The molecule has 34 heavy (non-hydrogen) atoms. The molecule has 3 aliphatic rings. The summed E-state index contributed by atoms with van der Waals surface area (Å²) in [5.74, 6) is 0.546. The topological polar surface area (TPSA) is 101 Å². The average Bonchev–Trinajstić information content (AvgIpc) is 3.40. The molecule has 6 rings (SSSR count). The lowest BCUT2D eigenvalue weighted by Crippen LogP contribution is -2.70. The van der Waals surface area contributed by atoms with Gasteiger partial charge in [0.05, 0.1) is 23.2 Å². The van der Waals surface area contributed by atoms with E-state index in [2.05, 4.69) is 9.88 Å². The van der Waals surface area contributed by atoms with Gasteiger partial charge in [-0.1, -0.05) is 0 Å². The van der Waals surface area contributed by atoms with Crippen molar-refractivity contribution in [2.24, 2.45) is 0 Å². The Morgan fingerprint density at radius 3 is 2.59 bits per heavy atom. The SMILES string of the molecule is CC(C)(O)COc1ccc(-c2nccs2)c2oc(N3CC4CC(C3)N4C(=O)OC(C)(C)C)nc12. The molecule has 5 heterocycles. The summed E-state index contributed by atoms with van der Waals surface area (Å²) in [6.45, 7) is 10.4. The molecule has 1 N–H and O–H groups in total. The molecule has 3 aliphatic heterocycles. The standard InChI is InChI=1S/C24H30N4O5S/c1-23(2,3)33-22(29)28-14-10-15(28)12-27(11-14)21-26-18-17(31-13-24(4,5)30)7-6-16(19(18)32-21)20-25-8-9-34-20/h6-9,14-15,30H,10-13H2,1-5H3. The quantitative estimate of drug-likeness (QED) is 0.570. The highest BCUT2D eigenvalue weighted by Crippen LogP contribution is 2.40. The summed E-state index contributed by atoms with van der Waals surface area (Å²) in [4.78, 5) is 25.7. The number of piperazine rings is 1. The number of hydrogen-bond acceptors (Lipinski definition) is 9. The first-order valence-electron chi connectivity index (χ1n) is 11.4. The van der Waals surface area contributed by atoms with Crippen molar-refractivity contribution in [3.63, 3.8) is 0 Å². The van der Waals surface area contributed by atoms with Crippen molar-refractivity contribution in [3.05, 3.63) is 23.7 Å². The second-order valence-corrected chi connectivity index (χ2v) is 11.5. The number of carbonyl (C=O) groups is 1. The molecule has 2 unspecified atom stereocenters. The second kappa shape index (κ2) is 8.13. The Bertz CT molecular complexity index is 1180. The summed E-state index contributed by atoms with van der Waals surface area (Å²) in [6.07, 6.45) is 2.44. The predicted octanol–water partition coefficient (Wildman–Crippen LogP) is 4.30. The normalized spacial score (nSPS) is 20.4. The van der Waals surface area contributed by atoms with E-state index in [0.717, 1.165) is 17.0 Å². The Kier molecular flexibility index (Phi) is 5.48. The number of hydrogen-bond donors (Lipinski definition) is 1. The van der Waals surface area contributed by atoms with Crippen LogP contribution in [0.2, 0.25) is 0 Å². The maximum atomic E-state index is 12.6. The fourth-order valence-corrected chi connectivity index (χ4v) is 5.04. The van der Waals surface area contributed by atoms with Crippen LogP contribution < -0.4 is 9.64 Å². The molecule has 2 aromatic heterocycles. The number of nitrogens with zero attached hydrogens (tertiary/aromatic N) is 4. The van der Waals surface area contributed by atoms with E-state index in [4.69, 9.17) is 18.9 Å². The summed E-state index contributed by atoms with van der Waals surface area (Å²) in [6, 6.07) is 4.37. The number of amides is 1. The maximum Gasteiger partial charge on any atom is 0.410 e. The lowest BCUT2D eigenvalue weighted by Gasteiger charge is -2.55. The molecule has 1 aromatic carbocycles. The Morgan fingerprint density at radius 2 is 1.97 bits per heavy atom. The fraction of sp³-hybridized carbons (Fsp3) is 0.542. The van der Waals surface area contributed by atoms with Crippen molar-refractivity contribution in [2.75, 3.05) is 24.6 Å². The summed E-state index contributed by atoms with van der Waals surface area (Å²) in [7, 11) is 0. The molecule has 3 saturated heterocycles. The molecule has 0 spiro atoms. The number of rotatable bonds is 5. The smallest absolute Gasteiger partial charge is 0.410 e. The third-order valence-corrected chi connectivity index (χ3v) is 6.61. The highest BCUT2D eigenvalue weighted by atomic mass is 32.1. The average molecular weight is 487 g/mol. The number of carbonyl (C=O) groups excluding carboxylic acids is 1. The van der Waals surface area contributed by atoms with Crippen LogP contribution in [-0.2, 0) is 4.74 Å². The molecule has 182 valence electrons. The fourth-order valence-electron chi connectivity index (χ4n) is 4.38.